The highest BCUT2D eigenvalue weighted by Gasteiger charge is 2.13. The van der Waals surface area contributed by atoms with Crippen LogP contribution in [0.15, 0.2) is 52.9 Å². The number of hydrogen-bond acceptors (Lipinski definition) is 3. The van der Waals surface area contributed by atoms with E-state index in [9.17, 15) is 4.79 Å². The van der Waals surface area contributed by atoms with E-state index in [-0.39, 0.29) is 11.5 Å². The standard InChI is InChI=1S/C15H13BrN2OS/c16-8-12(11-4-2-1-3-5-11)9-18-10-17-13-6-7-20-14(13)15(18)19/h1-7,10,12H,8-9H2. The molecule has 1 atom stereocenters. The summed E-state index contributed by atoms with van der Waals surface area (Å²) in [7, 11) is 0. The number of rotatable bonds is 4. The molecule has 0 aliphatic heterocycles. The molecular weight excluding hydrogens is 336 g/mol. The molecule has 0 amide bonds. The Hall–Kier alpha value is -1.46. The van der Waals surface area contributed by atoms with Gasteiger partial charge in [-0.15, -0.1) is 11.3 Å². The Balaban J connectivity index is 1.95. The van der Waals surface area contributed by atoms with Gasteiger partial charge >= 0.3 is 0 Å². The van der Waals surface area contributed by atoms with Gasteiger partial charge in [0.05, 0.1) is 11.8 Å². The zero-order valence-corrected chi connectivity index (χ0v) is 13.1. The molecule has 0 N–H and O–H groups in total. The van der Waals surface area contributed by atoms with Crippen molar-refractivity contribution in [3.63, 3.8) is 0 Å². The lowest BCUT2D eigenvalue weighted by Gasteiger charge is -2.15. The molecule has 0 bridgehead atoms. The second kappa shape index (κ2) is 5.89. The summed E-state index contributed by atoms with van der Waals surface area (Å²) in [4.78, 5) is 16.7. The summed E-state index contributed by atoms with van der Waals surface area (Å²) in [6.45, 7) is 0.634. The molecule has 20 heavy (non-hydrogen) atoms. The molecule has 3 aromatic rings. The van der Waals surface area contributed by atoms with Crippen molar-refractivity contribution < 1.29 is 0 Å². The van der Waals surface area contributed by atoms with Crippen molar-refractivity contribution in [1.29, 1.82) is 0 Å². The molecule has 1 unspecified atom stereocenters. The van der Waals surface area contributed by atoms with Gasteiger partial charge in [0.25, 0.3) is 5.56 Å². The summed E-state index contributed by atoms with van der Waals surface area (Å²) in [6, 6.07) is 12.1. The largest absolute Gasteiger partial charge is 0.297 e. The normalized spacial score (nSPS) is 12.7. The third kappa shape index (κ3) is 2.55. The summed E-state index contributed by atoms with van der Waals surface area (Å²) < 4.78 is 2.44. The average molecular weight is 349 g/mol. The SMILES string of the molecule is O=c1c2sccc2ncn1CC(CBr)c1ccccc1. The lowest BCUT2D eigenvalue weighted by atomic mass is 10.0. The predicted molar refractivity (Wildman–Crippen MR) is 86.9 cm³/mol. The van der Waals surface area contributed by atoms with Gasteiger partial charge in [-0.3, -0.25) is 9.36 Å². The average Bonchev–Trinajstić information content (AvgIpc) is 2.97. The Morgan fingerprint density at radius 2 is 2.05 bits per heavy atom. The molecule has 2 aromatic heterocycles. The third-order valence-electron chi connectivity index (χ3n) is 3.31. The van der Waals surface area contributed by atoms with E-state index < -0.39 is 0 Å². The molecule has 0 aliphatic carbocycles. The van der Waals surface area contributed by atoms with Crippen molar-refractivity contribution in [2.24, 2.45) is 0 Å². The third-order valence-corrected chi connectivity index (χ3v) is 4.98. The molecule has 0 aliphatic rings. The van der Waals surface area contributed by atoms with Crippen LogP contribution < -0.4 is 5.56 Å². The number of fused-ring (bicyclic) bond motifs is 1. The maximum Gasteiger partial charge on any atom is 0.271 e. The van der Waals surface area contributed by atoms with Crippen LogP contribution in [0.1, 0.15) is 11.5 Å². The maximum atomic E-state index is 12.4. The number of benzene rings is 1. The predicted octanol–water partition coefficient (Wildman–Crippen LogP) is 3.64. The molecule has 0 radical (unpaired) electrons. The van der Waals surface area contributed by atoms with Crippen molar-refractivity contribution in [1.82, 2.24) is 9.55 Å². The summed E-state index contributed by atoms with van der Waals surface area (Å²) in [5.74, 6) is 0.258. The second-order valence-electron chi connectivity index (χ2n) is 4.60. The Bertz CT molecular complexity index is 766. The van der Waals surface area contributed by atoms with Crippen LogP contribution in [-0.4, -0.2) is 14.9 Å². The number of thiophene rings is 1. The fourth-order valence-electron chi connectivity index (χ4n) is 2.21. The maximum absolute atomic E-state index is 12.4. The molecule has 1 aromatic carbocycles. The molecule has 5 heteroatoms. The van der Waals surface area contributed by atoms with E-state index in [1.165, 1.54) is 16.9 Å². The number of nitrogens with zero attached hydrogens (tertiary/aromatic N) is 2. The van der Waals surface area contributed by atoms with E-state index >= 15 is 0 Å². The first-order chi connectivity index (χ1) is 9.79. The van der Waals surface area contributed by atoms with Crippen LogP contribution in [0.2, 0.25) is 0 Å². The van der Waals surface area contributed by atoms with E-state index in [0.29, 0.717) is 6.54 Å². The topological polar surface area (TPSA) is 34.9 Å². The summed E-state index contributed by atoms with van der Waals surface area (Å²) in [5, 5.41) is 2.72. The Labute approximate surface area is 129 Å². The van der Waals surface area contributed by atoms with Crippen LogP contribution in [0.25, 0.3) is 10.2 Å². The molecule has 0 saturated carbocycles. The van der Waals surface area contributed by atoms with Gasteiger partial charge in [-0.2, -0.15) is 0 Å². The van der Waals surface area contributed by atoms with E-state index in [0.717, 1.165) is 15.5 Å². The molecule has 3 rings (SSSR count). The van der Waals surface area contributed by atoms with Gasteiger partial charge in [0.2, 0.25) is 0 Å². The first-order valence-electron chi connectivity index (χ1n) is 6.33. The minimum Gasteiger partial charge on any atom is -0.297 e. The highest BCUT2D eigenvalue weighted by Crippen LogP contribution is 2.20. The van der Waals surface area contributed by atoms with E-state index in [2.05, 4.69) is 33.0 Å². The first-order valence-corrected chi connectivity index (χ1v) is 8.33. The fourth-order valence-corrected chi connectivity index (χ4v) is 3.59. The Kier molecular flexibility index (Phi) is 3.98. The van der Waals surface area contributed by atoms with Crippen LogP contribution in [0.5, 0.6) is 0 Å². The van der Waals surface area contributed by atoms with E-state index in [1.807, 2.05) is 29.6 Å². The summed E-state index contributed by atoms with van der Waals surface area (Å²) >= 11 is 4.99. The van der Waals surface area contributed by atoms with Crippen molar-refractivity contribution in [2.45, 2.75) is 12.5 Å². The van der Waals surface area contributed by atoms with Crippen LogP contribution in [-0.2, 0) is 6.54 Å². The lowest BCUT2D eigenvalue weighted by Crippen LogP contribution is -2.23. The van der Waals surface area contributed by atoms with Gasteiger partial charge in [-0.25, -0.2) is 4.98 Å². The highest BCUT2D eigenvalue weighted by molar-refractivity contribution is 9.09. The van der Waals surface area contributed by atoms with Gasteiger partial charge in [-0.05, 0) is 17.0 Å². The van der Waals surface area contributed by atoms with Gasteiger partial charge < -0.3 is 0 Å². The summed E-state index contributed by atoms with van der Waals surface area (Å²) in [6.07, 6.45) is 1.65. The van der Waals surface area contributed by atoms with Gasteiger partial charge in [-0.1, -0.05) is 46.3 Å². The molecule has 0 fully saturated rings. The smallest absolute Gasteiger partial charge is 0.271 e. The zero-order chi connectivity index (χ0) is 13.9. The fraction of sp³-hybridized carbons (Fsp3) is 0.200. The molecule has 3 nitrogen and oxygen atoms in total. The van der Waals surface area contributed by atoms with Crippen LogP contribution >= 0.6 is 27.3 Å². The van der Waals surface area contributed by atoms with Crippen LogP contribution in [0.4, 0.5) is 0 Å². The molecule has 0 saturated heterocycles. The van der Waals surface area contributed by atoms with Crippen molar-refractivity contribution in [2.75, 3.05) is 5.33 Å². The Morgan fingerprint density at radius 1 is 1.25 bits per heavy atom. The molecular formula is C15H13BrN2OS. The zero-order valence-electron chi connectivity index (χ0n) is 10.7. The number of halogens is 1. The number of hydrogen-bond donors (Lipinski definition) is 0. The van der Waals surface area contributed by atoms with E-state index in [4.69, 9.17) is 0 Å². The van der Waals surface area contributed by atoms with E-state index in [1.54, 1.807) is 10.9 Å². The molecule has 0 spiro atoms. The second-order valence-corrected chi connectivity index (χ2v) is 6.16. The monoisotopic (exact) mass is 348 g/mol. The van der Waals surface area contributed by atoms with Crippen molar-refractivity contribution >= 4 is 37.5 Å². The molecule has 102 valence electrons. The molecule has 2 heterocycles. The number of alkyl halides is 1. The van der Waals surface area contributed by atoms with Crippen molar-refractivity contribution in [3.8, 4) is 0 Å². The minimum absolute atomic E-state index is 0.0480. The van der Waals surface area contributed by atoms with Crippen LogP contribution in [0, 0.1) is 0 Å². The van der Waals surface area contributed by atoms with Crippen LogP contribution in [0.3, 0.4) is 0 Å². The highest BCUT2D eigenvalue weighted by atomic mass is 79.9. The van der Waals surface area contributed by atoms with Gasteiger partial charge in [0, 0.05) is 17.8 Å². The lowest BCUT2D eigenvalue weighted by molar-refractivity contribution is 0.585. The Morgan fingerprint density at radius 3 is 2.80 bits per heavy atom. The van der Waals surface area contributed by atoms with Crippen molar-refractivity contribution in [3.05, 3.63) is 64.0 Å². The van der Waals surface area contributed by atoms with Gasteiger partial charge in [0.15, 0.2) is 0 Å². The van der Waals surface area contributed by atoms with Gasteiger partial charge in [0.1, 0.15) is 4.70 Å². The quantitative estimate of drug-likeness (QED) is 0.674. The number of aromatic nitrogens is 2. The summed E-state index contributed by atoms with van der Waals surface area (Å²) in [5.41, 5.74) is 2.06. The first kappa shape index (κ1) is 13.5. The minimum atomic E-state index is 0.0480.